The first-order valence-electron chi connectivity index (χ1n) is 19.1. The normalized spacial score (nSPS) is 54.7. The predicted molar refractivity (Wildman–Crippen MR) is 208 cm³/mol. The quantitative estimate of drug-likeness (QED) is 0.132. The summed E-state index contributed by atoms with van der Waals surface area (Å²) in [6, 6.07) is 44.5. The Balaban J connectivity index is 1.22. The molecule has 10 fully saturated rings. The zero-order valence-electron chi connectivity index (χ0n) is 30.4. The molecule has 0 nitrogen and oxygen atoms in total. The Morgan fingerprint density at radius 3 is 1.41 bits per heavy atom. The molecular formula is C46H52FeP2. The van der Waals surface area contributed by atoms with Crippen LogP contribution in [0.15, 0.2) is 109 Å². The molecule has 10 aliphatic heterocycles. The molecular weight excluding hydrogens is 670 g/mol. The minimum atomic E-state index is -4.84. The Hall–Kier alpha value is -1.74. The summed E-state index contributed by atoms with van der Waals surface area (Å²) < 4.78 is 1.75. The van der Waals surface area contributed by atoms with Crippen molar-refractivity contribution >= 4 is 17.2 Å². The number of benzene rings is 4. The van der Waals surface area contributed by atoms with E-state index >= 15 is 0 Å². The summed E-state index contributed by atoms with van der Waals surface area (Å²) in [5.41, 5.74) is 9.91. The molecule has 0 N–H and O–H groups in total. The van der Waals surface area contributed by atoms with Gasteiger partial charge in [-0.25, -0.2) is 0 Å². The van der Waals surface area contributed by atoms with E-state index in [1.165, 1.54) is 17.3 Å². The molecule has 0 amide bonds. The number of hydrogen-bond donors (Lipinski definition) is 0. The Kier molecular flexibility index (Phi) is 2.62. The van der Waals surface area contributed by atoms with Crippen LogP contribution in [0.1, 0.15) is 74.9 Å². The minimum absolute atomic E-state index is 0.0612. The molecule has 14 rings (SSSR count). The predicted octanol–water partition coefficient (Wildman–Crippen LogP) is 12.8. The summed E-state index contributed by atoms with van der Waals surface area (Å²) in [4.78, 5) is 6.36. The summed E-state index contributed by atoms with van der Waals surface area (Å²) in [5, 5.41) is 0.555. The maximum atomic E-state index is 3.88. The van der Waals surface area contributed by atoms with Crippen LogP contribution in [0, 0.1) is 13.8 Å². The summed E-state index contributed by atoms with van der Waals surface area (Å²) in [6.07, 6.45) is 1.51. The molecule has 1 spiro atoms. The second-order valence-electron chi connectivity index (χ2n) is 22.1. The number of fused-ring (bicyclic) bond motifs is 10. The van der Waals surface area contributed by atoms with Crippen molar-refractivity contribution in [2.24, 2.45) is 0 Å². The van der Waals surface area contributed by atoms with Crippen molar-refractivity contribution in [3.05, 3.63) is 143 Å². The van der Waals surface area contributed by atoms with Crippen molar-refractivity contribution in [2.75, 3.05) is 6.16 Å². The molecule has 0 aliphatic carbocycles. The molecule has 6 unspecified atom stereocenters. The first-order chi connectivity index (χ1) is 23.1. The SMILES string of the molecule is Cc1ccccc1C(P)(c1ccccc1C)[C]12[CH]3[C]4(c5ccccc5)[C]5(c6ccccc6)[C]1(CP(C(C)(C)C)C(C)(C)C)[Fe]34521678[CH]2[CH]1[CH]6[CH]7[CH]28. The van der Waals surface area contributed by atoms with E-state index in [0.29, 0.717) is 27.6 Å². The average molecular weight is 723 g/mol. The van der Waals surface area contributed by atoms with E-state index in [1.54, 1.807) is 16.7 Å². The fraction of sp³-hybridized carbons (Fsp3) is 0.478. The molecule has 10 heterocycles. The molecule has 10 saturated heterocycles. The fourth-order valence-electron chi connectivity index (χ4n) is 26.6. The van der Waals surface area contributed by atoms with Gasteiger partial charge in [0.05, 0.1) is 0 Å². The topological polar surface area (TPSA) is 0 Å². The molecule has 49 heavy (non-hydrogen) atoms. The van der Waals surface area contributed by atoms with Gasteiger partial charge in [-0.2, -0.15) is 0 Å². The van der Waals surface area contributed by atoms with Crippen molar-refractivity contribution in [1.29, 1.82) is 0 Å². The van der Waals surface area contributed by atoms with Crippen molar-refractivity contribution < 1.29 is 6.51 Å². The van der Waals surface area contributed by atoms with Crippen molar-refractivity contribution in [3.63, 3.8) is 0 Å². The van der Waals surface area contributed by atoms with Crippen LogP contribution in [0.2, 0.25) is 37.5 Å². The first kappa shape index (κ1) is 27.9. The Morgan fingerprint density at radius 1 is 0.592 bits per heavy atom. The van der Waals surface area contributed by atoms with E-state index in [4.69, 9.17) is 0 Å². The number of hydrogen-bond acceptors (Lipinski definition) is 0. The van der Waals surface area contributed by atoms with Crippen molar-refractivity contribution in [3.8, 4) is 0 Å². The molecule has 0 radical (unpaired) electrons. The third-order valence-corrected chi connectivity index (χ3v) is 73.6. The third kappa shape index (κ3) is 0.778. The monoisotopic (exact) mass is 722 g/mol. The van der Waals surface area contributed by atoms with E-state index in [1.807, 2.05) is 5.56 Å². The van der Waals surface area contributed by atoms with Crippen LogP contribution < -0.4 is 0 Å². The van der Waals surface area contributed by atoms with Gasteiger partial charge in [0.2, 0.25) is 0 Å². The van der Waals surface area contributed by atoms with Gasteiger partial charge in [0, 0.05) is 0 Å². The van der Waals surface area contributed by atoms with Gasteiger partial charge in [0.15, 0.2) is 0 Å². The van der Waals surface area contributed by atoms with E-state index in [-0.39, 0.29) is 13.1 Å². The molecule has 10 aliphatic rings. The molecule has 0 bridgehead atoms. The van der Waals surface area contributed by atoms with Gasteiger partial charge in [-0.1, -0.05) is 0 Å². The van der Waals surface area contributed by atoms with Crippen LogP contribution in [-0.4, -0.2) is 16.5 Å². The standard InChI is InChI=1S/C41H47P2.C5H5.Fe/c1-29-19-15-17-25-35(29)41(42,36-26-18-16-20-30(36)2)37-27-33(31-21-11-9-12-22-31)38(32-23-13-10-14-24-32)34(37)28-43(39(3,4)5)40(6,7)8;1-2-4-5-3-1;/h9-27H,28,42H2,1-8H3;1-5H;. The van der Waals surface area contributed by atoms with E-state index in [2.05, 4.69) is 174 Å². The molecule has 0 saturated carbocycles. The van der Waals surface area contributed by atoms with E-state index in [0.717, 1.165) is 28.9 Å². The second-order valence-corrected chi connectivity index (χ2v) is 49.5. The van der Waals surface area contributed by atoms with Crippen molar-refractivity contribution in [2.45, 2.75) is 117 Å². The molecule has 3 heteroatoms. The van der Waals surface area contributed by atoms with Gasteiger partial charge in [0.25, 0.3) is 0 Å². The zero-order chi connectivity index (χ0) is 33.8. The Bertz CT molecular complexity index is 2590. The van der Waals surface area contributed by atoms with Crippen LogP contribution in [0.4, 0.5) is 0 Å². The Morgan fingerprint density at radius 2 is 1.00 bits per heavy atom. The molecule has 6 atom stereocenters. The molecule has 254 valence electrons. The van der Waals surface area contributed by atoms with Gasteiger partial charge >= 0.3 is 289 Å². The molecule has 4 aromatic rings. The Labute approximate surface area is 287 Å². The summed E-state index contributed by atoms with van der Waals surface area (Å²) >= 11 is 0. The van der Waals surface area contributed by atoms with Crippen LogP contribution in [0.25, 0.3) is 0 Å². The number of aryl methyl sites for hydroxylation is 2. The van der Waals surface area contributed by atoms with Gasteiger partial charge in [-0.3, -0.25) is 0 Å². The van der Waals surface area contributed by atoms with Crippen LogP contribution >= 0.6 is 17.2 Å². The van der Waals surface area contributed by atoms with Gasteiger partial charge < -0.3 is 0 Å². The zero-order valence-corrected chi connectivity index (χ0v) is 33.6. The van der Waals surface area contributed by atoms with Crippen LogP contribution in [0.5, 0.6) is 0 Å². The average Bonchev–Trinajstić information content (AvgIpc) is 4.02. The van der Waals surface area contributed by atoms with Gasteiger partial charge in [-0.15, -0.1) is 0 Å². The van der Waals surface area contributed by atoms with Crippen molar-refractivity contribution in [1.82, 2.24) is 0 Å². The van der Waals surface area contributed by atoms with Crippen LogP contribution in [-0.2, 0) is 20.3 Å². The summed E-state index contributed by atoms with van der Waals surface area (Å²) in [5.74, 6) is 0. The molecule has 0 aromatic heterocycles. The molecule has 4 aromatic carbocycles. The van der Waals surface area contributed by atoms with Gasteiger partial charge in [-0.05, 0) is 0 Å². The summed E-state index contributed by atoms with van der Waals surface area (Å²) in [6.45, 7) is 15.8. The summed E-state index contributed by atoms with van der Waals surface area (Å²) in [7, 11) is 3.61. The second kappa shape index (κ2) is 4.62. The fourth-order valence-corrected chi connectivity index (χ4v) is 118. The van der Waals surface area contributed by atoms with E-state index in [9.17, 15) is 0 Å². The van der Waals surface area contributed by atoms with E-state index < -0.39 is 6.51 Å². The first-order valence-corrected chi connectivity index (χ1v) is 27.2. The van der Waals surface area contributed by atoms with Crippen LogP contribution in [0.3, 0.4) is 0 Å². The maximum absolute atomic E-state index is 4.84. The number of rotatable bonds is 7. The van der Waals surface area contributed by atoms with Gasteiger partial charge in [0.1, 0.15) is 0 Å². The third-order valence-electron chi connectivity index (χ3n) is 23.6.